The Hall–Kier alpha value is -3.33. The molecular formula is C20H20N6O2S. The minimum Gasteiger partial charge on any atom is -0.497 e. The van der Waals surface area contributed by atoms with E-state index in [1.165, 1.54) is 16.4 Å². The monoisotopic (exact) mass is 408 g/mol. The average Bonchev–Trinajstić information content (AvgIpc) is 3.08. The number of aromatic amines is 1. The predicted octanol–water partition coefficient (Wildman–Crippen LogP) is 2.68. The van der Waals surface area contributed by atoms with Gasteiger partial charge in [0.1, 0.15) is 11.6 Å². The molecule has 0 radical (unpaired) electrons. The molecule has 0 bridgehead atoms. The lowest BCUT2D eigenvalue weighted by molar-refractivity contribution is 0.414. The van der Waals surface area contributed by atoms with Gasteiger partial charge in [0.25, 0.3) is 5.56 Å². The van der Waals surface area contributed by atoms with Gasteiger partial charge in [-0.15, -0.1) is 10.2 Å². The third kappa shape index (κ3) is 3.95. The lowest BCUT2D eigenvalue weighted by atomic mass is 10.1. The number of para-hydroxylation sites is 1. The first-order valence-corrected chi connectivity index (χ1v) is 9.91. The van der Waals surface area contributed by atoms with Crippen LogP contribution in [-0.4, -0.2) is 32.0 Å². The largest absolute Gasteiger partial charge is 0.497 e. The Balaban J connectivity index is 1.53. The lowest BCUT2D eigenvalue weighted by Gasteiger charge is -2.11. The van der Waals surface area contributed by atoms with Crippen LogP contribution in [0, 0.1) is 0 Å². The maximum Gasteiger partial charge on any atom is 0.258 e. The van der Waals surface area contributed by atoms with Crippen LogP contribution in [-0.2, 0) is 6.42 Å². The fourth-order valence-electron chi connectivity index (χ4n) is 2.95. The van der Waals surface area contributed by atoms with E-state index in [1.807, 2.05) is 49.4 Å². The quantitative estimate of drug-likeness (QED) is 0.373. The van der Waals surface area contributed by atoms with Crippen LogP contribution in [0.15, 0.2) is 58.5 Å². The van der Waals surface area contributed by atoms with Crippen molar-refractivity contribution in [3.63, 3.8) is 0 Å². The van der Waals surface area contributed by atoms with Crippen molar-refractivity contribution in [2.75, 3.05) is 13.0 Å². The predicted molar refractivity (Wildman–Crippen MR) is 113 cm³/mol. The Labute approximate surface area is 171 Å². The highest BCUT2D eigenvalue weighted by Crippen LogP contribution is 2.31. The van der Waals surface area contributed by atoms with Gasteiger partial charge >= 0.3 is 0 Å². The summed E-state index contributed by atoms with van der Waals surface area (Å²) in [6.07, 6.45) is 0.549. The van der Waals surface area contributed by atoms with Gasteiger partial charge in [-0.25, -0.2) is 9.66 Å². The highest BCUT2D eigenvalue weighted by Gasteiger charge is 2.18. The number of ether oxygens (including phenoxy) is 1. The summed E-state index contributed by atoms with van der Waals surface area (Å²) in [6.45, 7) is 1.94. The summed E-state index contributed by atoms with van der Waals surface area (Å²) in [7, 11) is 1.63. The zero-order valence-corrected chi connectivity index (χ0v) is 16.8. The van der Waals surface area contributed by atoms with Gasteiger partial charge in [-0.3, -0.25) is 4.79 Å². The number of hydrogen-bond donors (Lipinski definition) is 2. The number of aromatic nitrogens is 5. The van der Waals surface area contributed by atoms with Crippen LogP contribution >= 0.6 is 11.8 Å². The molecule has 0 unspecified atom stereocenters. The van der Waals surface area contributed by atoms with Crippen molar-refractivity contribution < 1.29 is 4.74 Å². The third-order valence-electron chi connectivity index (χ3n) is 4.55. The molecule has 0 fully saturated rings. The first kappa shape index (κ1) is 19.0. The van der Waals surface area contributed by atoms with Gasteiger partial charge in [0.15, 0.2) is 5.82 Å². The van der Waals surface area contributed by atoms with E-state index in [4.69, 9.17) is 10.6 Å². The van der Waals surface area contributed by atoms with Gasteiger partial charge in [-0.1, -0.05) is 36.0 Å². The number of thioether (sulfide) groups is 1. The number of H-pyrrole nitrogens is 1. The molecule has 0 aliphatic rings. The maximum absolute atomic E-state index is 12.3. The zero-order chi connectivity index (χ0) is 20.4. The first-order valence-electron chi connectivity index (χ1n) is 9.03. The number of nitrogen functional groups attached to an aromatic ring is 1. The fraction of sp³-hybridized carbons (Fsp3) is 0.200. The first-order chi connectivity index (χ1) is 14.0. The van der Waals surface area contributed by atoms with Crippen molar-refractivity contribution in [1.82, 2.24) is 24.8 Å². The molecule has 2 aromatic heterocycles. The van der Waals surface area contributed by atoms with Crippen LogP contribution in [0.4, 0.5) is 0 Å². The standard InChI is InChI=1S/C20H20N6O2S/c1-12(18-22-16-6-4-3-5-15(16)19(27)23-18)29-20-25-24-17(26(20)21)11-13-7-9-14(28-2)10-8-13/h3-10,12H,11,21H2,1-2H3,(H,22,23,27)/t12-/m0/s1. The second kappa shape index (κ2) is 7.96. The molecular weight excluding hydrogens is 388 g/mol. The van der Waals surface area contributed by atoms with Crippen molar-refractivity contribution in [3.05, 3.63) is 76.1 Å². The summed E-state index contributed by atoms with van der Waals surface area (Å²) < 4.78 is 6.65. The number of hydrogen-bond acceptors (Lipinski definition) is 7. The molecule has 8 nitrogen and oxygen atoms in total. The third-order valence-corrected chi connectivity index (χ3v) is 5.62. The summed E-state index contributed by atoms with van der Waals surface area (Å²) in [5.41, 5.74) is 1.55. The number of rotatable bonds is 6. The Bertz CT molecular complexity index is 1200. The minimum atomic E-state index is -0.160. The van der Waals surface area contributed by atoms with Crippen molar-refractivity contribution in [1.29, 1.82) is 0 Å². The Kier molecular flexibility index (Phi) is 5.22. The Morgan fingerprint density at radius 3 is 2.69 bits per heavy atom. The molecule has 1 atom stereocenters. The molecule has 0 amide bonds. The van der Waals surface area contributed by atoms with E-state index in [0.29, 0.717) is 34.1 Å². The minimum absolute atomic E-state index is 0.160. The van der Waals surface area contributed by atoms with Crippen molar-refractivity contribution in [2.24, 2.45) is 0 Å². The van der Waals surface area contributed by atoms with Crippen LogP contribution in [0.25, 0.3) is 10.9 Å². The van der Waals surface area contributed by atoms with Crippen LogP contribution in [0.2, 0.25) is 0 Å². The Morgan fingerprint density at radius 2 is 1.93 bits per heavy atom. The lowest BCUT2D eigenvalue weighted by Crippen LogP contribution is -2.16. The van der Waals surface area contributed by atoms with E-state index in [0.717, 1.165) is 11.3 Å². The van der Waals surface area contributed by atoms with Crippen LogP contribution in [0.5, 0.6) is 5.75 Å². The average molecular weight is 408 g/mol. The molecule has 4 aromatic rings. The highest BCUT2D eigenvalue weighted by molar-refractivity contribution is 7.99. The molecule has 9 heteroatoms. The SMILES string of the molecule is COc1ccc(Cc2nnc(S[C@@H](C)c3nc4ccccc4c(=O)[nH]3)n2N)cc1. The molecule has 0 aliphatic carbocycles. The number of fused-ring (bicyclic) bond motifs is 1. The molecule has 148 valence electrons. The zero-order valence-electron chi connectivity index (χ0n) is 16.0. The molecule has 0 aliphatic heterocycles. The number of methoxy groups -OCH3 is 1. The molecule has 3 N–H and O–H groups in total. The van der Waals surface area contributed by atoms with Crippen LogP contribution < -0.4 is 16.1 Å². The number of nitrogens with one attached hydrogen (secondary N) is 1. The second-order valence-electron chi connectivity index (χ2n) is 6.52. The summed E-state index contributed by atoms with van der Waals surface area (Å²) in [4.78, 5) is 19.7. The summed E-state index contributed by atoms with van der Waals surface area (Å²) in [5, 5.41) is 9.37. The number of nitrogens with two attached hydrogens (primary N) is 1. The van der Waals surface area contributed by atoms with Crippen LogP contribution in [0.1, 0.15) is 29.4 Å². The molecule has 0 saturated carbocycles. The van der Waals surface area contributed by atoms with Crippen LogP contribution in [0.3, 0.4) is 0 Å². The second-order valence-corrected chi connectivity index (χ2v) is 7.83. The van der Waals surface area contributed by atoms with Gasteiger partial charge in [0.05, 0.1) is 23.3 Å². The summed E-state index contributed by atoms with van der Waals surface area (Å²) >= 11 is 1.39. The summed E-state index contributed by atoms with van der Waals surface area (Å²) in [5.74, 6) is 8.22. The van der Waals surface area contributed by atoms with E-state index in [-0.39, 0.29) is 10.8 Å². The highest BCUT2D eigenvalue weighted by atomic mass is 32.2. The van der Waals surface area contributed by atoms with E-state index >= 15 is 0 Å². The van der Waals surface area contributed by atoms with Gasteiger partial charge in [-0.2, -0.15) is 0 Å². The normalized spacial score (nSPS) is 12.2. The molecule has 0 saturated heterocycles. The molecule has 2 heterocycles. The van der Waals surface area contributed by atoms with Crippen molar-refractivity contribution in [3.8, 4) is 5.75 Å². The number of nitrogens with zero attached hydrogens (tertiary/aromatic N) is 4. The molecule has 4 rings (SSSR count). The smallest absolute Gasteiger partial charge is 0.258 e. The van der Waals surface area contributed by atoms with Gasteiger partial charge in [0, 0.05) is 6.42 Å². The van der Waals surface area contributed by atoms with Gasteiger partial charge in [-0.05, 0) is 36.8 Å². The van der Waals surface area contributed by atoms with Crippen molar-refractivity contribution in [2.45, 2.75) is 23.8 Å². The van der Waals surface area contributed by atoms with E-state index in [9.17, 15) is 4.79 Å². The maximum atomic E-state index is 12.3. The number of benzene rings is 2. The fourth-order valence-corrected chi connectivity index (χ4v) is 3.79. The van der Waals surface area contributed by atoms with E-state index in [2.05, 4.69) is 20.2 Å². The molecule has 29 heavy (non-hydrogen) atoms. The van der Waals surface area contributed by atoms with Gasteiger partial charge < -0.3 is 15.6 Å². The van der Waals surface area contributed by atoms with Gasteiger partial charge in [0.2, 0.25) is 5.16 Å². The Morgan fingerprint density at radius 1 is 1.17 bits per heavy atom. The van der Waals surface area contributed by atoms with E-state index < -0.39 is 0 Å². The topological polar surface area (TPSA) is 112 Å². The van der Waals surface area contributed by atoms with Crippen molar-refractivity contribution >= 4 is 22.7 Å². The molecule has 2 aromatic carbocycles. The summed E-state index contributed by atoms with van der Waals surface area (Å²) in [6, 6.07) is 15.0. The van der Waals surface area contributed by atoms with E-state index in [1.54, 1.807) is 13.2 Å². The molecule has 0 spiro atoms.